The third-order valence-corrected chi connectivity index (χ3v) is 3.09. The number of halogens is 1. The van der Waals surface area contributed by atoms with E-state index in [1.54, 1.807) is 24.9 Å². The summed E-state index contributed by atoms with van der Waals surface area (Å²) in [4.78, 5) is 15.9. The Morgan fingerprint density at radius 3 is 2.83 bits per heavy atom. The number of benzene rings is 1. The topological polar surface area (TPSA) is 44.1 Å². The third-order valence-electron chi connectivity index (χ3n) is 2.60. The Labute approximate surface area is 113 Å². The molecule has 0 spiro atoms. The van der Waals surface area contributed by atoms with Gasteiger partial charge in [0, 0.05) is 21.8 Å². The first-order valence-electron chi connectivity index (χ1n) is 5.45. The van der Waals surface area contributed by atoms with Crippen LogP contribution in [0.2, 0.25) is 0 Å². The molecule has 0 saturated carbocycles. The quantitative estimate of drug-likeness (QED) is 0.874. The fourth-order valence-electron chi connectivity index (χ4n) is 1.69. The maximum atomic E-state index is 11.8. The molecule has 2 rings (SSSR count). The molecular weight excluding hydrogens is 296 g/mol. The number of hydrogen-bond acceptors (Lipinski definition) is 3. The van der Waals surface area contributed by atoms with Crippen LogP contribution in [-0.2, 0) is 6.54 Å². The van der Waals surface area contributed by atoms with E-state index >= 15 is 0 Å². The second kappa shape index (κ2) is 5.35. The molecule has 2 aromatic rings. The van der Waals surface area contributed by atoms with E-state index in [9.17, 15) is 4.79 Å². The molecule has 0 aliphatic rings. The van der Waals surface area contributed by atoms with E-state index in [2.05, 4.69) is 20.9 Å². The minimum absolute atomic E-state index is 0.0653. The minimum Gasteiger partial charge on any atom is -0.496 e. The minimum atomic E-state index is -0.0653. The lowest BCUT2D eigenvalue weighted by Gasteiger charge is -2.10. The largest absolute Gasteiger partial charge is 0.496 e. The highest BCUT2D eigenvalue weighted by atomic mass is 79.9. The molecule has 0 aliphatic carbocycles. The SMILES string of the molecule is COc1ccc(Br)cc1Cn1cnc(C)cc1=O. The normalized spacial score (nSPS) is 10.4. The van der Waals surface area contributed by atoms with Gasteiger partial charge in [-0.2, -0.15) is 0 Å². The molecule has 5 heteroatoms. The van der Waals surface area contributed by atoms with Crippen molar-refractivity contribution in [2.45, 2.75) is 13.5 Å². The van der Waals surface area contributed by atoms with Crippen LogP contribution >= 0.6 is 15.9 Å². The van der Waals surface area contributed by atoms with Gasteiger partial charge < -0.3 is 4.74 Å². The van der Waals surface area contributed by atoms with E-state index in [1.165, 1.54) is 6.07 Å². The predicted octanol–water partition coefficient (Wildman–Crippen LogP) is 2.37. The second-order valence-electron chi connectivity index (χ2n) is 3.95. The molecule has 1 aromatic heterocycles. The predicted molar refractivity (Wildman–Crippen MR) is 73.0 cm³/mol. The van der Waals surface area contributed by atoms with Crippen LogP contribution in [0, 0.1) is 6.92 Å². The highest BCUT2D eigenvalue weighted by Crippen LogP contribution is 2.23. The summed E-state index contributed by atoms with van der Waals surface area (Å²) in [6.45, 7) is 2.24. The van der Waals surface area contributed by atoms with Gasteiger partial charge in [0.25, 0.3) is 5.56 Å². The Hall–Kier alpha value is -1.62. The van der Waals surface area contributed by atoms with Gasteiger partial charge in [0.15, 0.2) is 0 Å². The lowest BCUT2D eigenvalue weighted by Crippen LogP contribution is -2.20. The average molecular weight is 309 g/mol. The monoisotopic (exact) mass is 308 g/mol. The summed E-state index contributed by atoms with van der Waals surface area (Å²) in [7, 11) is 1.61. The summed E-state index contributed by atoms with van der Waals surface area (Å²) >= 11 is 3.41. The van der Waals surface area contributed by atoms with Gasteiger partial charge in [0.2, 0.25) is 0 Å². The maximum Gasteiger partial charge on any atom is 0.253 e. The molecule has 0 amide bonds. The fraction of sp³-hybridized carbons (Fsp3) is 0.231. The first kappa shape index (κ1) is 12.8. The number of aryl methyl sites for hydroxylation is 1. The maximum absolute atomic E-state index is 11.8. The summed E-state index contributed by atoms with van der Waals surface area (Å²) in [5.74, 6) is 0.755. The van der Waals surface area contributed by atoms with Crippen LogP contribution in [0.5, 0.6) is 5.75 Å². The number of nitrogens with zero attached hydrogens (tertiary/aromatic N) is 2. The van der Waals surface area contributed by atoms with Crippen LogP contribution in [0.25, 0.3) is 0 Å². The van der Waals surface area contributed by atoms with Crippen molar-refractivity contribution < 1.29 is 4.74 Å². The molecule has 18 heavy (non-hydrogen) atoms. The number of aromatic nitrogens is 2. The van der Waals surface area contributed by atoms with Crippen molar-refractivity contribution in [3.05, 3.63) is 56.7 Å². The zero-order valence-corrected chi connectivity index (χ0v) is 11.8. The van der Waals surface area contributed by atoms with Gasteiger partial charge in [-0.3, -0.25) is 9.36 Å². The van der Waals surface area contributed by atoms with E-state index in [4.69, 9.17) is 4.74 Å². The third kappa shape index (κ3) is 2.79. The summed E-state index contributed by atoms with van der Waals surface area (Å²) in [5, 5.41) is 0. The molecule has 0 radical (unpaired) electrons. The Morgan fingerprint density at radius 2 is 2.17 bits per heavy atom. The molecule has 0 bridgehead atoms. The smallest absolute Gasteiger partial charge is 0.253 e. The lowest BCUT2D eigenvalue weighted by atomic mass is 10.2. The average Bonchev–Trinajstić information content (AvgIpc) is 2.33. The van der Waals surface area contributed by atoms with Gasteiger partial charge in [-0.25, -0.2) is 4.98 Å². The van der Waals surface area contributed by atoms with Crippen LogP contribution < -0.4 is 10.3 Å². The van der Waals surface area contributed by atoms with Crippen molar-refractivity contribution in [3.8, 4) is 5.75 Å². The highest BCUT2D eigenvalue weighted by molar-refractivity contribution is 9.10. The molecule has 0 unspecified atom stereocenters. The van der Waals surface area contributed by atoms with E-state index in [1.807, 2.05) is 18.2 Å². The fourth-order valence-corrected chi connectivity index (χ4v) is 2.10. The van der Waals surface area contributed by atoms with Crippen molar-refractivity contribution in [1.29, 1.82) is 0 Å². The number of hydrogen-bond donors (Lipinski definition) is 0. The van der Waals surface area contributed by atoms with Crippen LogP contribution in [0.1, 0.15) is 11.3 Å². The van der Waals surface area contributed by atoms with E-state index in [-0.39, 0.29) is 5.56 Å². The molecule has 0 aliphatic heterocycles. The van der Waals surface area contributed by atoms with Crippen LogP contribution in [0.15, 0.2) is 39.9 Å². The Balaban J connectivity index is 2.39. The van der Waals surface area contributed by atoms with E-state index in [0.29, 0.717) is 6.54 Å². The van der Waals surface area contributed by atoms with Crippen LogP contribution in [0.3, 0.4) is 0 Å². The van der Waals surface area contributed by atoms with Gasteiger partial charge in [0.1, 0.15) is 5.75 Å². The van der Waals surface area contributed by atoms with Crippen molar-refractivity contribution >= 4 is 15.9 Å². The molecule has 1 heterocycles. The number of ether oxygens (including phenoxy) is 1. The Bertz CT molecular complexity index is 623. The van der Waals surface area contributed by atoms with Crippen LogP contribution in [-0.4, -0.2) is 16.7 Å². The molecule has 1 aromatic carbocycles. The van der Waals surface area contributed by atoms with Gasteiger partial charge in [-0.05, 0) is 25.1 Å². The summed E-state index contributed by atoms with van der Waals surface area (Å²) in [5.41, 5.74) is 1.58. The first-order chi connectivity index (χ1) is 8.60. The van der Waals surface area contributed by atoms with Gasteiger partial charge in [-0.15, -0.1) is 0 Å². The van der Waals surface area contributed by atoms with Gasteiger partial charge in [-0.1, -0.05) is 15.9 Å². The summed E-state index contributed by atoms with van der Waals surface area (Å²) < 4.78 is 7.78. The van der Waals surface area contributed by atoms with Crippen molar-refractivity contribution in [2.24, 2.45) is 0 Å². The molecule has 0 saturated heterocycles. The van der Waals surface area contributed by atoms with Crippen molar-refractivity contribution in [2.75, 3.05) is 7.11 Å². The molecule has 94 valence electrons. The summed E-state index contributed by atoms with van der Waals surface area (Å²) in [6, 6.07) is 7.22. The van der Waals surface area contributed by atoms with Gasteiger partial charge in [0.05, 0.1) is 20.0 Å². The number of rotatable bonds is 3. The Kier molecular flexibility index (Phi) is 3.81. The second-order valence-corrected chi connectivity index (χ2v) is 4.87. The standard InChI is InChI=1S/C13H13BrN2O2/c1-9-5-13(17)16(8-15-9)7-10-6-11(14)3-4-12(10)18-2/h3-6,8H,7H2,1-2H3. The zero-order valence-electron chi connectivity index (χ0n) is 10.2. The number of methoxy groups -OCH3 is 1. The first-order valence-corrected chi connectivity index (χ1v) is 6.25. The van der Waals surface area contributed by atoms with E-state index in [0.717, 1.165) is 21.5 Å². The van der Waals surface area contributed by atoms with Crippen molar-refractivity contribution in [1.82, 2.24) is 9.55 Å². The molecular formula is C13H13BrN2O2. The highest BCUT2D eigenvalue weighted by Gasteiger charge is 2.06. The van der Waals surface area contributed by atoms with Gasteiger partial charge >= 0.3 is 0 Å². The summed E-state index contributed by atoms with van der Waals surface area (Å²) in [6.07, 6.45) is 1.55. The van der Waals surface area contributed by atoms with Crippen molar-refractivity contribution in [3.63, 3.8) is 0 Å². The van der Waals surface area contributed by atoms with Crippen LogP contribution in [0.4, 0.5) is 0 Å². The molecule has 0 atom stereocenters. The zero-order chi connectivity index (χ0) is 13.1. The Morgan fingerprint density at radius 1 is 1.39 bits per heavy atom. The lowest BCUT2D eigenvalue weighted by molar-refractivity contribution is 0.408. The molecule has 4 nitrogen and oxygen atoms in total. The van der Waals surface area contributed by atoms with E-state index < -0.39 is 0 Å². The molecule has 0 N–H and O–H groups in total. The molecule has 0 fully saturated rings.